The van der Waals surface area contributed by atoms with Crippen molar-refractivity contribution in [3.8, 4) is 0 Å². The molecule has 0 aromatic heterocycles. The summed E-state index contributed by atoms with van der Waals surface area (Å²) in [6, 6.07) is -0.552. The van der Waals surface area contributed by atoms with Crippen molar-refractivity contribution in [3.63, 3.8) is 0 Å². The van der Waals surface area contributed by atoms with E-state index in [-0.39, 0.29) is 18.0 Å². The lowest BCUT2D eigenvalue weighted by Gasteiger charge is -2.28. The molecule has 2 aliphatic carbocycles. The van der Waals surface area contributed by atoms with Crippen LogP contribution in [0, 0.1) is 17.8 Å². The van der Waals surface area contributed by atoms with E-state index in [1.165, 1.54) is 0 Å². The summed E-state index contributed by atoms with van der Waals surface area (Å²) in [6.07, 6.45) is 2.91. The van der Waals surface area contributed by atoms with Gasteiger partial charge in [-0.25, -0.2) is 4.79 Å². The number of aliphatic carboxylic acids is 1. The first-order valence-corrected chi connectivity index (χ1v) is 6.88. The molecule has 2 saturated carbocycles. The molecule has 2 rings (SSSR count). The van der Waals surface area contributed by atoms with Gasteiger partial charge in [0.05, 0.1) is 12.5 Å². The molecular weight excluding hydrogens is 300 g/mol. The number of carbonyl (C=O) groups excluding carboxylic acids is 1. The first-order valence-electron chi connectivity index (χ1n) is 6.09. The largest absolute Gasteiger partial charge is 0.481 e. The molecule has 0 saturated heterocycles. The smallest absolute Gasteiger partial charge is 0.315 e. The summed E-state index contributed by atoms with van der Waals surface area (Å²) < 4.78 is 0.681. The molecule has 6 heteroatoms. The van der Waals surface area contributed by atoms with E-state index in [0.717, 1.165) is 19.3 Å². The van der Waals surface area contributed by atoms with Crippen LogP contribution in [0.15, 0.2) is 11.1 Å². The Morgan fingerprint density at radius 3 is 2.61 bits per heavy atom. The van der Waals surface area contributed by atoms with Gasteiger partial charge in [0, 0.05) is 10.5 Å². The Balaban J connectivity index is 1.93. The van der Waals surface area contributed by atoms with Gasteiger partial charge in [0.2, 0.25) is 0 Å². The molecule has 2 aliphatic rings. The van der Waals surface area contributed by atoms with Gasteiger partial charge < -0.3 is 15.7 Å². The van der Waals surface area contributed by atoms with E-state index >= 15 is 0 Å². The molecule has 18 heavy (non-hydrogen) atoms. The summed E-state index contributed by atoms with van der Waals surface area (Å²) in [5, 5.41) is 14.7. The summed E-state index contributed by atoms with van der Waals surface area (Å²) in [4.78, 5) is 22.9. The lowest BCUT2D eigenvalue weighted by Crippen LogP contribution is -2.50. The Morgan fingerprint density at radius 2 is 2.00 bits per heavy atom. The second kappa shape index (κ2) is 5.30. The van der Waals surface area contributed by atoms with Gasteiger partial charge in [-0.2, -0.15) is 0 Å². The van der Waals surface area contributed by atoms with Crippen LogP contribution >= 0.6 is 15.9 Å². The highest BCUT2D eigenvalue weighted by molar-refractivity contribution is 9.11. The number of rotatable bonds is 4. The molecule has 0 spiro atoms. The van der Waals surface area contributed by atoms with Crippen molar-refractivity contribution >= 4 is 27.9 Å². The van der Waals surface area contributed by atoms with E-state index in [9.17, 15) is 14.7 Å². The summed E-state index contributed by atoms with van der Waals surface area (Å²) in [7, 11) is 0. The third-order valence-corrected chi connectivity index (χ3v) is 4.22. The van der Waals surface area contributed by atoms with Crippen LogP contribution in [0.5, 0.6) is 0 Å². The number of nitrogens with one attached hydrogen (secondary N) is 2. The monoisotopic (exact) mass is 316 g/mol. The topological polar surface area (TPSA) is 78.4 Å². The van der Waals surface area contributed by atoms with Crippen LogP contribution in [0.1, 0.15) is 19.3 Å². The summed E-state index contributed by atoms with van der Waals surface area (Å²) in [6.45, 7) is 3.96. The maximum atomic E-state index is 11.7. The molecule has 2 fully saturated rings. The second-order valence-electron chi connectivity index (χ2n) is 5.07. The van der Waals surface area contributed by atoms with Crippen molar-refractivity contribution in [2.45, 2.75) is 25.3 Å². The zero-order valence-electron chi connectivity index (χ0n) is 9.99. The van der Waals surface area contributed by atoms with E-state index < -0.39 is 11.9 Å². The minimum atomic E-state index is -0.794. The summed E-state index contributed by atoms with van der Waals surface area (Å²) in [5.74, 6) is -0.683. The average Bonchev–Trinajstić information content (AvgIpc) is 2.86. The fourth-order valence-electron chi connectivity index (χ4n) is 3.23. The lowest BCUT2D eigenvalue weighted by molar-refractivity contribution is -0.144. The number of carbonyl (C=O) groups is 2. The Bertz CT molecular complexity index is 386. The van der Waals surface area contributed by atoms with E-state index in [4.69, 9.17) is 0 Å². The quantitative estimate of drug-likeness (QED) is 0.738. The molecule has 4 atom stereocenters. The predicted molar refractivity (Wildman–Crippen MR) is 70.3 cm³/mol. The molecule has 0 aliphatic heterocycles. The SMILES string of the molecule is C=C(Br)CNC(=O)NC1C2CCC(C2)C1C(=O)O. The van der Waals surface area contributed by atoms with Gasteiger partial charge in [-0.3, -0.25) is 4.79 Å². The number of amides is 2. The molecule has 0 aromatic carbocycles. The molecule has 0 radical (unpaired) electrons. The minimum absolute atomic E-state index is 0.226. The molecule has 5 nitrogen and oxygen atoms in total. The summed E-state index contributed by atoms with van der Waals surface area (Å²) >= 11 is 3.15. The molecule has 2 amide bonds. The number of fused-ring (bicyclic) bond motifs is 2. The maximum absolute atomic E-state index is 11.7. The van der Waals surface area contributed by atoms with Crippen LogP contribution in [-0.2, 0) is 4.79 Å². The summed E-state index contributed by atoms with van der Waals surface area (Å²) in [5.41, 5.74) is 0. The van der Waals surface area contributed by atoms with Crippen LogP contribution in [0.2, 0.25) is 0 Å². The van der Waals surface area contributed by atoms with Crippen LogP contribution < -0.4 is 10.6 Å². The predicted octanol–water partition coefficient (Wildman–Crippen LogP) is 1.69. The molecule has 0 aromatic rings. The highest BCUT2D eigenvalue weighted by Gasteiger charge is 2.51. The van der Waals surface area contributed by atoms with E-state index in [0.29, 0.717) is 16.9 Å². The standard InChI is InChI=1S/C12H17BrN2O3/c1-6(13)5-14-12(18)15-10-8-3-2-7(4-8)9(10)11(16)17/h7-10H,1-5H2,(H,16,17)(H2,14,15,18). The number of carboxylic acid groups (broad SMARTS) is 1. The normalized spacial score (nSPS) is 33.2. The Morgan fingerprint density at radius 1 is 1.33 bits per heavy atom. The lowest BCUT2D eigenvalue weighted by atomic mass is 9.84. The van der Waals surface area contributed by atoms with Gasteiger partial charge in [0.1, 0.15) is 0 Å². The number of hydrogen-bond donors (Lipinski definition) is 3. The van der Waals surface area contributed by atoms with Crippen LogP contribution in [0.25, 0.3) is 0 Å². The molecule has 2 bridgehead atoms. The maximum Gasteiger partial charge on any atom is 0.315 e. The minimum Gasteiger partial charge on any atom is -0.481 e. The molecule has 100 valence electrons. The second-order valence-corrected chi connectivity index (χ2v) is 6.19. The number of carboxylic acids is 1. The van der Waals surface area contributed by atoms with Crippen LogP contribution in [-0.4, -0.2) is 29.7 Å². The van der Waals surface area contributed by atoms with Gasteiger partial charge in [0.25, 0.3) is 0 Å². The average molecular weight is 317 g/mol. The Kier molecular flexibility index (Phi) is 3.94. The van der Waals surface area contributed by atoms with E-state index in [1.54, 1.807) is 0 Å². The van der Waals surface area contributed by atoms with E-state index in [2.05, 4.69) is 33.1 Å². The van der Waals surface area contributed by atoms with Crippen molar-refractivity contribution in [3.05, 3.63) is 11.1 Å². The molecule has 4 unspecified atom stereocenters. The number of halogens is 1. The van der Waals surface area contributed by atoms with Crippen LogP contribution in [0.3, 0.4) is 0 Å². The highest BCUT2D eigenvalue weighted by Crippen LogP contribution is 2.48. The van der Waals surface area contributed by atoms with Gasteiger partial charge in [0.15, 0.2) is 0 Å². The van der Waals surface area contributed by atoms with Crippen molar-refractivity contribution in [2.24, 2.45) is 17.8 Å². The van der Waals surface area contributed by atoms with Crippen molar-refractivity contribution in [1.29, 1.82) is 0 Å². The van der Waals surface area contributed by atoms with Crippen molar-refractivity contribution in [1.82, 2.24) is 10.6 Å². The zero-order valence-corrected chi connectivity index (χ0v) is 11.6. The molecule has 0 heterocycles. The van der Waals surface area contributed by atoms with Crippen molar-refractivity contribution < 1.29 is 14.7 Å². The van der Waals surface area contributed by atoms with E-state index in [1.807, 2.05) is 0 Å². The van der Waals surface area contributed by atoms with Gasteiger partial charge in [-0.05, 0) is 31.1 Å². The first kappa shape index (κ1) is 13.4. The highest BCUT2D eigenvalue weighted by atomic mass is 79.9. The number of urea groups is 1. The van der Waals surface area contributed by atoms with Crippen LogP contribution in [0.4, 0.5) is 4.79 Å². The number of hydrogen-bond acceptors (Lipinski definition) is 2. The van der Waals surface area contributed by atoms with Gasteiger partial charge in [-0.15, -0.1) is 0 Å². The fourth-order valence-corrected chi connectivity index (χ4v) is 3.37. The Labute approximate surface area is 114 Å². The molecular formula is C12H17BrN2O3. The first-order chi connectivity index (χ1) is 8.49. The fraction of sp³-hybridized carbons (Fsp3) is 0.667. The third-order valence-electron chi connectivity index (χ3n) is 3.94. The van der Waals surface area contributed by atoms with Crippen molar-refractivity contribution in [2.75, 3.05) is 6.54 Å². The third kappa shape index (κ3) is 2.68. The van der Waals surface area contributed by atoms with Gasteiger partial charge in [-0.1, -0.05) is 22.5 Å². The zero-order chi connectivity index (χ0) is 13.3. The van der Waals surface area contributed by atoms with Gasteiger partial charge >= 0.3 is 12.0 Å². The molecule has 3 N–H and O–H groups in total. The Hall–Kier alpha value is -1.04.